The molecular formula is C13H19LiOP. The second-order valence-corrected chi connectivity index (χ2v) is 5.51. The number of carbonyl (C=O) groups is 1. The van der Waals surface area contributed by atoms with Crippen LogP contribution in [0, 0.1) is 27.7 Å². The fraction of sp³-hybridized carbons (Fsp3) is 0.462. The van der Waals surface area contributed by atoms with Crippen LogP contribution in [0.1, 0.15) is 39.5 Å². The number of hydrogen-bond acceptors (Lipinski definition) is 1. The van der Waals surface area contributed by atoms with Gasteiger partial charge in [-0.3, -0.25) is 4.79 Å². The quantitative estimate of drug-likeness (QED) is 0.573. The summed E-state index contributed by atoms with van der Waals surface area (Å²) in [5, 5.41) is 0. The van der Waals surface area contributed by atoms with E-state index in [2.05, 4.69) is 33.8 Å². The molecule has 0 bridgehead atoms. The molecule has 1 aromatic rings. The maximum Gasteiger partial charge on any atom is 0.181 e. The first-order chi connectivity index (χ1) is 6.99. The van der Waals surface area contributed by atoms with E-state index < -0.39 is 0 Å². The zero-order valence-corrected chi connectivity index (χ0v) is 12.2. The van der Waals surface area contributed by atoms with E-state index in [4.69, 9.17) is 0 Å². The summed E-state index contributed by atoms with van der Waals surface area (Å²) in [5.74, 6) is 0. The molecule has 3 heteroatoms. The van der Waals surface area contributed by atoms with Gasteiger partial charge in [-0.1, -0.05) is 13.0 Å². The molecule has 1 unspecified atom stereocenters. The molecule has 1 nitrogen and oxygen atoms in total. The fourth-order valence-corrected chi connectivity index (χ4v) is 2.77. The first-order valence-electron chi connectivity index (χ1n) is 5.34. The van der Waals surface area contributed by atoms with Crippen molar-refractivity contribution in [3.8, 4) is 0 Å². The molecule has 0 aliphatic rings. The molecule has 1 atom stereocenters. The van der Waals surface area contributed by atoms with Crippen molar-refractivity contribution in [2.75, 3.05) is 6.16 Å². The van der Waals surface area contributed by atoms with Crippen LogP contribution in [-0.2, 0) is 0 Å². The molecule has 0 aliphatic heterocycles. The third kappa shape index (κ3) is 3.21. The van der Waals surface area contributed by atoms with Gasteiger partial charge in [0.1, 0.15) is 0 Å². The Morgan fingerprint density at radius 3 is 2.19 bits per heavy atom. The van der Waals surface area contributed by atoms with Gasteiger partial charge in [0.25, 0.3) is 0 Å². The van der Waals surface area contributed by atoms with Gasteiger partial charge in [-0.25, -0.2) is 0 Å². The van der Waals surface area contributed by atoms with Gasteiger partial charge in [0.15, 0.2) is 5.52 Å². The van der Waals surface area contributed by atoms with Crippen LogP contribution < -0.4 is 0 Å². The minimum absolute atomic E-state index is 0. The van der Waals surface area contributed by atoms with Gasteiger partial charge in [-0.2, -0.15) is 0 Å². The summed E-state index contributed by atoms with van der Waals surface area (Å²) in [7, 11) is 0.413. The summed E-state index contributed by atoms with van der Waals surface area (Å²) < 4.78 is 0. The number of hydrogen-bond donors (Lipinski definition) is 0. The van der Waals surface area contributed by atoms with Crippen molar-refractivity contribution in [3.63, 3.8) is 0 Å². The average molecular weight is 229 g/mol. The van der Waals surface area contributed by atoms with Gasteiger partial charge < -0.3 is 0 Å². The van der Waals surface area contributed by atoms with E-state index in [0.29, 0.717) is 14.1 Å². The molecule has 0 aromatic heterocycles. The Morgan fingerprint density at radius 1 is 1.12 bits per heavy atom. The van der Waals surface area contributed by atoms with Crippen molar-refractivity contribution >= 4 is 33.0 Å². The molecule has 1 aromatic carbocycles. The number of carbonyl (C=O) groups excluding carboxylic acids is 1. The van der Waals surface area contributed by atoms with E-state index in [1.165, 1.54) is 16.7 Å². The number of benzene rings is 1. The summed E-state index contributed by atoms with van der Waals surface area (Å²) in [5.41, 5.74) is 6.10. The van der Waals surface area contributed by atoms with Crippen molar-refractivity contribution in [1.82, 2.24) is 0 Å². The first-order valence-corrected chi connectivity index (χ1v) is 6.55. The summed E-state index contributed by atoms with van der Waals surface area (Å²) in [6.07, 6.45) is 0.949. The van der Waals surface area contributed by atoms with Crippen LogP contribution in [0.4, 0.5) is 0 Å². The molecule has 83 valence electrons. The molecule has 1 radical (unpaired) electrons. The second-order valence-electron chi connectivity index (χ2n) is 3.99. The van der Waals surface area contributed by atoms with E-state index in [1.54, 1.807) is 0 Å². The van der Waals surface area contributed by atoms with Crippen LogP contribution in [-0.4, -0.2) is 30.5 Å². The summed E-state index contributed by atoms with van der Waals surface area (Å²) in [6.45, 7) is 10.3. The predicted octanol–water partition coefficient (Wildman–Crippen LogP) is 3.38. The molecule has 0 saturated carbocycles. The Kier molecular flexibility index (Phi) is 6.57. The number of rotatable bonds is 3. The average Bonchev–Trinajstić information content (AvgIpc) is 2.15. The van der Waals surface area contributed by atoms with E-state index >= 15 is 0 Å². The zero-order chi connectivity index (χ0) is 11.6. The molecule has 16 heavy (non-hydrogen) atoms. The monoisotopic (exact) mass is 229 g/mol. The van der Waals surface area contributed by atoms with Gasteiger partial charge in [-0.15, -0.1) is 0 Å². The van der Waals surface area contributed by atoms with E-state index in [-0.39, 0.29) is 18.9 Å². The van der Waals surface area contributed by atoms with Crippen molar-refractivity contribution < 1.29 is 4.79 Å². The number of aryl methyl sites for hydroxylation is 2. The molecule has 0 spiro atoms. The topological polar surface area (TPSA) is 17.1 Å². The summed E-state index contributed by atoms with van der Waals surface area (Å²) in [4.78, 5) is 12.0. The minimum Gasteiger partial charge on any atom is -0.289 e. The van der Waals surface area contributed by atoms with E-state index in [0.717, 1.165) is 17.3 Å². The van der Waals surface area contributed by atoms with Crippen molar-refractivity contribution in [1.29, 1.82) is 0 Å². The minimum atomic E-state index is 0. The Bertz CT molecular complexity index is 399. The summed E-state index contributed by atoms with van der Waals surface area (Å²) in [6, 6.07) is 2.12. The van der Waals surface area contributed by atoms with Crippen LogP contribution in [0.25, 0.3) is 0 Å². The SMILES string of the molecule is CCPC(=O)c1c(C)cc(C)c(C)c1C.[Li]. The first kappa shape index (κ1) is 15.9. The summed E-state index contributed by atoms with van der Waals surface area (Å²) >= 11 is 0. The van der Waals surface area contributed by atoms with Crippen LogP contribution in [0.3, 0.4) is 0 Å². The molecule has 0 fully saturated rings. The fourth-order valence-electron chi connectivity index (χ4n) is 1.88. The second kappa shape index (κ2) is 6.60. The third-order valence-electron chi connectivity index (χ3n) is 2.92. The predicted molar refractivity (Wildman–Crippen MR) is 74.3 cm³/mol. The molecule has 1 rings (SSSR count). The van der Waals surface area contributed by atoms with E-state index in [1.807, 2.05) is 6.92 Å². The molecule has 0 saturated heterocycles. The van der Waals surface area contributed by atoms with Crippen molar-refractivity contribution in [2.24, 2.45) is 0 Å². The van der Waals surface area contributed by atoms with E-state index in [9.17, 15) is 4.79 Å². The molecule has 0 amide bonds. The van der Waals surface area contributed by atoms with Crippen LogP contribution >= 0.6 is 8.58 Å². The molecule has 0 aliphatic carbocycles. The Labute approximate surface area is 112 Å². The molecule has 0 heterocycles. The normalized spacial score (nSPS) is 10.6. The zero-order valence-electron chi connectivity index (χ0n) is 11.2. The third-order valence-corrected chi connectivity index (χ3v) is 3.85. The molecular weight excluding hydrogens is 210 g/mol. The van der Waals surface area contributed by atoms with Crippen molar-refractivity contribution in [3.05, 3.63) is 33.9 Å². The van der Waals surface area contributed by atoms with Gasteiger partial charge >= 0.3 is 0 Å². The van der Waals surface area contributed by atoms with Gasteiger partial charge in [0.05, 0.1) is 0 Å². The molecule has 0 N–H and O–H groups in total. The van der Waals surface area contributed by atoms with Gasteiger partial charge in [0, 0.05) is 24.4 Å². The Morgan fingerprint density at radius 2 is 1.69 bits per heavy atom. The largest absolute Gasteiger partial charge is 0.289 e. The van der Waals surface area contributed by atoms with Gasteiger partial charge in [-0.05, 0) is 64.7 Å². The Hall–Kier alpha value is -0.0826. The van der Waals surface area contributed by atoms with Crippen LogP contribution in [0.2, 0.25) is 0 Å². The standard InChI is InChI=1S/C13H19OP.Li/c1-6-15-13(14)12-9(3)7-8(2)10(4)11(12)5;/h7,15H,6H2,1-5H3;. The van der Waals surface area contributed by atoms with Gasteiger partial charge in [0.2, 0.25) is 0 Å². The van der Waals surface area contributed by atoms with Crippen LogP contribution in [0.15, 0.2) is 6.07 Å². The smallest absolute Gasteiger partial charge is 0.181 e. The van der Waals surface area contributed by atoms with Crippen molar-refractivity contribution in [2.45, 2.75) is 34.6 Å². The Balaban J connectivity index is 0.00000225. The maximum absolute atomic E-state index is 12.0. The maximum atomic E-state index is 12.0. The van der Waals surface area contributed by atoms with Crippen LogP contribution in [0.5, 0.6) is 0 Å².